The molecule has 0 unspecified atom stereocenters. The molecule has 1 saturated heterocycles. The van der Waals surface area contributed by atoms with Crippen molar-refractivity contribution in [2.75, 3.05) is 13.2 Å². The average Bonchev–Trinajstić information content (AvgIpc) is 2.91. The maximum atomic E-state index is 12.4. The van der Waals surface area contributed by atoms with Crippen LogP contribution in [0.1, 0.15) is 66.2 Å². The largest absolute Gasteiger partial charge is 0.424 e. The second-order valence-corrected chi connectivity index (χ2v) is 14.7. The molecule has 7 heteroatoms. The van der Waals surface area contributed by atoms with Crippen molar-refractivity contribution in [2.24, 2.45) is 0 Å². The SMILES string of the molecule is CCCCO[C@@H]1[C@@H](OCCCC)[C@H](O)[C@@H](CCC(C)(C)[Si](O)(c2ccccc2)c2ccccc2)O[C@H]1O. The molecule has 1 heterocycles. The Hall–Kier alpha value is -1.58. The van der Waals surface area contributed by atoms with E-state index in [1.807, 2.05) is 60.7 Å². The molecular weight excluding hydrogens is 484 g/mol. The lowest BCUT2D eigenvalue weighted by atomic mass is 9.93. The van der Waals surface area contributed by atoms with Gasteiger partial charge in [0, 0.05) is 13.2 Å². The Kier molecular flexibility index (Phi) is 11.3. The Morgan fingerprint density at radius 1 is 0.811 bits per heavy atom. The highest BCUT2D eigenvalue weighted by molar-refractivity contribution is 6.98. The van der Waals surface area contributed by atoms with Crippen LogP contribution in [-0.2, 0) is 14.2 Å². The van der Waals surface area contributed by atoms with Crippen molar-refractivity contribution in [3.8, 4) is 0 Å². The number of rotatable bonds is 14. The van der Waals surface area contributed by atoms with Crippen LogP contribution >= 0.6 is 0 Å². The zero-order chi connectivity index (χ0) is 26.9. The Balaban J connectivity index is 1.80. The van der Waals surface area contributed by atoms with Crippen molar-refractivity contribution >= 4 is 18.7 Å². The van der Waals surface area contributed by atoms with E-state index in [2.05, 4.69) is 27.7 Å². The molecule has 3 rings (SSSR count). The fraction of sp³-hybridized carbons (Fsp3) is 0.600. The summed E-state index contributed by atoms with van der Waals surface area (Å²) in [6.45, 7) is 9.32. The van der Waals surface area contributed by atoms with E-state index >= 15 is 0 Å². The third kappa shape index (κ3) is 7.09. The average molecular weight is 531 g/mol. The van der Waals surface area contributed by atoms with Crippen LogP contribution in [0, 0.1) is 0 Å². The molecule has 0 aliphatic carbocycles. The molecule has 0 spiro atoms. The lowest BCUT2D eigenvalue weighted by Crippen LogP contribution is -2.65. The van der Waals surface area contributed by atoms with Crippen LogP contribution in [0.2, 0.25) is 5.04 Å². The highest BCUT2D eigenvalue weighted by Crippen LogP contribution is 2.41. The Labute approximate surface area is 223 Å². The smallest absolute Gasteiger partial charge is 0.258 e. The predicted octanol–water partition coefficient (Wildman–Crippen LogP) is 3.75. The first kappa shape index (κ1) is 30.0. The van der Waals surface area contributed by atoms with Crippen LogP contribution in [0.25, 0.3) is 0 Å². The second kappa shape index (κ2) is 14.0. The fourth-order valence-electron chi connectivity index (χ4n) is 5.23. The van der Waals surface area contributed by atoms with E-state index in [9.17, 15) is 15.0 Å². The van der Waals surface area contributed by atoms with Crippen LogP contribution in [0.3, 0.4) is 0 Å². The van der Waals surface area contributed by atoms with Crippen molar-refractivity contribution in [3.05, 3.63) is 60.7 Å². The summed E-state index contributed by atoms with van der Waals surface area (Å²) in [6.07, 6.45) is 0.591. The van der Waals surface area contributed by atoms with Gasteiger partial charge in [-0.2, -0.15) is 0 Å². The van der Waals surface area contributed by atoms with Gasteiger partial charge >= 0.3 is 0 Å². The number of hydrogen-bond acceptors (Lipinski definition) is 6. The summed E-state index contributed by atoms with van der Waals surface area (Å²) in [5, 5.41) is 23.6. The Morgan fingerprint density at radius 3 is 1.78 bits per heavy atom. The lowest BCUT2D eigenvalue weighted by molar-refractivity contribution is -0.300. The van der Waals surface area contributed by atoms with E-state index in [0.717, 1.165) is 36.1 Å². The molecule has 1 aliphatic rings. The van der Waals surface area contributed by atoms with Gasteiger partial charge in [0.2, 0.25) is 0 Å². The molecule has 37 heavy (non-hydrogen) atoms. The normalized spacial score (nSPS) is 24.8. The zero-order valence-electron chi connectivity index (χ0n) is 22.9. The molecule has 0 saturated carbocycles. The van der Waals surface area contributed by atoms with Gasteiger partial charge in [0.1, 0.15) is 18.3 Å². The molecule has 3 N–H and O–H groups in total. The van der Waals surface area contributed by atoms with Crippen LogP contribution in [-0.4, -0.2) is 67.2 Å². The van der Waals surface area contributed by atoms with E-state index in [-0.39, 0.29) is 0 Å². The number of hydrogen-bond donors (Lipinski definition) is 3. The van der Waals surface area contributed by atoms with E-state index in [0.29, 0.717) is 26.1 Å². The quantitative estimate of drug-likeness (QED) is 0.255. The summed E-state index contributed by atoms with van der Waals surface area (Å²) in [7, 11) is -3.19. The summed E-state index contributed by atoms with van der Waals surface area (Å²) in [4.78, 5) is 12.4. The fourth-order valence-corrected chi connectivity index (χ4v) is 8.99. The number of aliphatic hydroxyl groups is 2. The highest BCUT2D eigenvalue weighted by Gasteiger charge is 2.51. The topological polar surface area (TPSA) is 88.4 Å². The maximum Gasteiger partial charge on any atom is 0.258 e. The van der Waals surface area contributed by atoms with Crippen molar-refractivity contribution in [1.82, 2.24) is 0 Å². The van der Waals surface area contributed by atoms with E-state index < -0.39 is 44.1 Å². The van der Waals surface area contributed by atoms with Crippen molar-refractivity contribution < 1.29 is 29.2 Å². The van der Waals surface area contributed by atoms with E-state index in [4.69, 9.17) is 14.2 Å². The summed E-state index contributed by atoms with van der Waals surface area (Å²) in [5.74, 6) is 0. The molecular formula is C30H46O6Si. The third-order valence-electron chi connectivity index (χ3n) is 7.67. The van der Waals surface area contributed by atoms with Crippen LogP contribution in [0.5, 0.6) is 0 Å². The summed E-state index contributed by atoms with van der Waals surface area (Å²) in [6, 6.07) is 19.8. The minimum atomic E-state index is -3.19. The number of benzene rings is 2. The zero-order valence-corrected chi connectivity index (χ0v) is 23.9. The minimum absolute atomic E-state index is 0.468. The summed E-state index contributed by atoms with van der Waals surface area (Å²) >= 11 is 0. The van der Waals surface area contributed by atoms with E-state index in [1.54, 1.807) is 0 Å². The molecule has 1 fully saturated rings. The first-order valence-electron chi connectivity index (χ1n) is 13.8. The van der Waals surface area contributed by atoms with Gasteiger partial charge in [0.25, 0.3) is 8.32 Å². The summed E-state index contributed by atoms with van der Waals surface area (Å²) < 4.78 is 17.9. The Bertz CT molecular complexity index is 869. The lowest BCUT2D eigenvalue weighted by Gasteiger charge is -2.45. The first-order chi connectivity index (χ1) is 17.8. The molecule has 0 amide bonds. The molecule has 206 valence electrons. The van der Waals surface area contributed by atoms with Gasteiger partial charge in [0.15, 0.2) is 6.29 Å². The number of ether oxygens (including phenoxy) is 3. The van der Waals surface area contributed by atoms with Gasteiger partial charge in [-0.25, -0.2) is 0 Å². The van der Waals surface area contributed by atoms with Crippen LogP contribution in [0.4, 0.5) is 0 Å². The molecule has 1 aliphatic heterocycles. The molecule has 2 aromatic rings. The van der Waals surface area contributed by atoms with Gasteiger partial charge < -0.3 is 29.2 Å². The predicted molar refractivity (Wildman–Crippen MR) is 150 cm³/mol. The monoisotopic (exact) mass is 530 g/mol. The number of aliphatic hydroxyl groups excluding tert-OH is 2. The molecule has 6 nitrogen and oxygen atoms in total. The van der Waals surface area contributed by atoms with Crippen LogP contribution in [0.15, 0.2) is 60.7 Å². The van der Waals surface area contributed by atoms with E-state index in [1.165, 1.54) is 0 Å². The standard InChI is InChI=1S/C30H46O6Si/c1-5-7-21-34-27-26(31)25(36-29(32)28(27)35-22-8-6-2)19-20-30(3,4)37(33,23-15-11-9-12-16-23)24-17-13-10-14-18-24/h9-18,25-29,31-33H,5-8,19-22H2,1-4H3/t25-,26-,27+,28-,29-/m1/s1. The maximum absolute atomic E-state index is 12.4. The van der Waals surface area contributed by atoms with Gasteiger partial charge in [-0.3, -0.25) is 0 Å². The molecule has 2 aromatic carbocycles. The third-order valence-corrected chi connectivity index (χ3v) is 12.2. The van der Waals surface area contributed by atoms with Crippen molar-refractivity contribution in [1.29, 1.82) is 0 Å². The molecule has 5 atom stereocenters. The highest BCUT2D eigenvalue weighted by atomic mass is 28.4. The second-order valence-electron chi connectivity index (χ2n) is 10.8. The van der Waals surface area contributed by atoms with Gasteiger partial charge in [-0.1, -0.05) is 101 Å². The van der Waals surface area contributed by atoms with Gasteiger partial charge in [0.05, 0.1) is 6.10 Å². The Morgan fingerprint density at radius 2 is 1.30 bits per heavy atom. The van der Waals surface area contributed by atoms with Crippen molar-refractivity contribution in [3.63, 3.8) is 0 Å². The summed E-state index contributed by atoms with van der Waals surface area (Å²) in [5.41, 5.74) is 0. The molecule has 0 bridgehead atoms. The first-order valence-corrected chi connectivity index (χ1v) is 15.8. The minimum Gasteiger partial charge on any atom is -0.424 e. The van der Waals surface area contributed by atoms with Gasteiger partial charge in [-0.15, -0.1) is 0 Å². The molecule has 0 aromatic heterocycles. The van der Waals surface area contributed by atoms with Crippen molar-refractivity contribution in [2.45, 2.75) is 102 Å². The van der Waals surface area contributed by atoms with Crippen LogP contribution < -0.4 is 10.4 Å². The molecule has 0 radical (unpaired) electrons. The number of unbranched alkanes of at least 4 members (excludes halogenated alkanes) is 2. The van der Waals surface area contributed by atoms with Gasteiger partial charge in [-0.05, 0) is 41.1 Å².